The number of carbonyl (C=O) groups excluding carboxylic acids is 1. The number of carbonyl (C=O) groups is 1. The Morgan fingerprint density at radius 3 is 2.65 bits per heavy atom. The van der Waals surface area contributed by atoms with Crippen molar-refractivity contribution in [2.75, 3.05) is 6.61 Å². The third-order valence-corrected chi connectivity index (χ3v) is 7.10. The Labute approximate surface area is 140 Å². The summed E-state index contributed by atoms with van der Waals surface area (Å²) in [7, 11) is 0. The molecular formula is C20H32O3. The normalized spacial score (nSPS) is 41.9. The topological polar surface area (TPSA) is 35.5 Å². The van der Waals surface area contributed by atoms with E-state index in [1.807, 2.05) is 0 Å². The Morgan fingerprint density at radius 2 is 1.96 bits per heavy atom. The average Bonchev–Trinajstić information content (AvgIpc) is 2.43. The Morgan fingerprint density at radius 1 is 1.22 bits per heavy atom. The van der Waals surface area contributed by atoms with Crippen LogP contribution >= 0.6 is 0 Å². The molecule has 3 aliphatic rings. The van der Waals surface area contributed by atoms with Crippen LogP contribution in [0.3, 0.4) is 0 Å². The van der Waals surface area contributed by atoms with Gasteiger partial charge in [0, 0.05) is 12.8 Å². The van der Waals surface area contributed by atoms with Gasteiger partial charge in [0.15, 0.2) is 0 Å². The molecule has 3 rings (SSSR count). The van der Waals surface area contributed by atoms with Crippen molar-refractivity contribution in [1.29, 1.82) is 0 Å². The molecule has 0 aromatic carbocycles. The first-order valence-electron chi connectivity index (χ1n) is 9.19. The summed E-state index contributed by atoms with van der Waals surface area (Å²) in [4.78, 5) is 11.1. The molecule has 4 atom stereocenters. The van der Waals surface area contributed by atoms with Gasteiger partial charge in [0.1, 0.15) is 18.0 Å². The van der Waals surface area contributed by atoms with Gasteiger partial charge in [-0.05, 0) is 61.9 Å². The minimum absolute atomic E-state index is 0.108. The number of hydrogen-bond acceptors (Lipinski definition) is 3. The highest BCUT2D eigenvalue weighted by Gasteiger charge is 2.59. The quantitative estimate of drug-likeness (QED) is 0.682. The molecule has 0 N–H and O–H groups in total. The van der Waals surface area contributed by atoms with Crippen LogP contribution in [0.1, 0.15) is 73.1 Å². The third-order valence-electron chi connectivity index (χ3n) is 7.10. The van der Waals surface area contributed by atoms with Crippen molar-refractivity contribution in [2.45, 2.75) is 78.7 Å². The Hall–Kier alpha value is -0.990. The molecule has 1 heterocycles. The second-order valence-corrected chi connectivity index (χ2v) is 9.09. The van der Waals surface area contributed by atoms with Gasteiger partial charge in [0.05, 0.1) is 0 Å². The van der Waals surface area contributed by atoms with Gasteiger partial charge in [-0.15, -0.1) is 0 Å². The van der Waals surface area contributed by atoms with Crippen LogP contribution < -0.4 is 0 Å². The maximum Gasteiger partial charge on any atom is 0.303 e. The lowest BCUT2D eigenvalue weighted by Crippen LogP contribution is -2.59. The van der Waals surface area contributed by atoms with E-state index >= 15 is 0 Å². The van der Waals surface area contributed by atoms with E-state index in [0.29, 0.717) is 16.7 Å². The molecule has 0 unspecified atom stereocenters. The molecule has 2 saturated carbocycles. The van der Waals surface area contributed by atoms with E-state index in [-0.39, 0.29) is 18.2 Å². The van der Waals surface area contributed by atoms with Crippen LogP contribution in [0.25, 0.3) is 0 Å². The van der Waals surface area contributed by atoms with Crippen molar-refractivity contribution in [3.8, 4) is 0 Å². The molecule has 130 valence electrons. The minimum Gasteiger partial charge on any atom is -0.488 e. The summed E-state index contributed by atoms with van der Waals surface area (Å²) >= 11 is 0. The molecule has 3 heteroatoms. The van der Waals surface area contributed by atoms with Crippen molar-refractivity contribution in [3.05, 3.63) is 11.8 Å². The Bertz CT molecular complexity index is 521. The lowest BCUT2D eigenvalue weighted by molar-refractivity contribution is -0.186. The zero-order valence-corrected chi connectivity index (χ0v) is 15.4. The molecule has 0 bridgehead atoms. The third kappa shape index (κ3) is 2.81. The predicted octanol–water partition coefficient (Wildman–Crippen LogP) is 4.86. The van der Waals surface area contributed by atoms with E-state index in [9.17, 15) is 4.79 Å². The number of hydrogen-bond donors (Lipinski definition) is 0. The van der Waals surface area contributed by atoms with Gasteiger partial charge >= 0.3 is 5.97 Å². The predicted molar refractivity (Wildman–Crippen MR) is 90.8 cm³/mol. The highest BCUT2D eigenvalue weighted by atomic mass is 16.6. The van der Waals surface area contributed by atoms with Crippen LogP contribution in [0.2, 0.25) is 0 Å². The van der Waals surface area contributed by atoms with E-state index in [0.717, 1.165) is 24.5 Å². The first-order valence-corrected chi connectivity index (χ1v) is 9.19. The fraction of sp³-hybridized carbons (Fsp3) is 0.850. The minimum atomic E-state index is -0.244. The van der Waals surface area contributed by atoms with Crippen LogP contribution in [-0.2, 0) is 14.3 Å². The summed E-state index contributed by atoms with van der Waals surface area (Å²) in [6.45, 7) is 11.4. The SMILES string of the molecule is CC(=O)OCC1=CC[C@@H]2[C@@]3(C)CCCC(C)(C)[C@@H]3CC[C@@]2(C)O1. The van der Waals surface area contributed by atoms with Crippen LogP contribution in [-0.4, -0.2) is 18.2 Å². The average molecular weight is 320 g/mol. The van der Waals surface area contributed by atoms with Gasteiger partial charge in [0.2, 0.25) is 0 Å². The van der Waals surface area contributed by atoms with Crippen LogP contribution in [0.5, 0.6) is 0 Å². The molecule has 2 fully saturated rings. The summed E-state index contributed by atoms with van der Waals surface area (Å²) in [5, 5.41) is 0. The molecule has 0 amide bonds. The maximum absolute atomic E-state index is 11.1. The van der Waals surface area contributed by atoms with E-state index < -0.39 is 0 Å². The van der Waals surface area contributed by atoms with Gasteiger partial charge in [-0.2, -0.15) is 0 Å². The fourth-order valence-electron chi connectivity index (χ4n) is 6.10. The van der Waals surface area contributed by atoms with E-state index in [4.69, 9.17) is 9.47 Å². The van der Waals surface area contributed by atoms with Crippen molar-refractivity contribution in [2.24, 2.45) is 22.7 Å². The Kier molecular flexibility index (Phi) is 4.05. The number of esters is 1. The summed E-state index contributed by atoms with van der Waals surface area (Å²) in [6, 6.07) is 0. The van der Waals surface area contributed by atoms with Gasteiger partial charge in [0.25, 0.3) is 0 Å². The smallest absolute Gasteiger partial charge is 0.303 e. The molecule has 0 saturated heterocycles. The highest BCUT2D eigenvalue weighted by molar-refractivity contribution is 5.66. The second-order valence-electron chi connectivity index (χ2n) is 9.09. The number of ether oxygens (including phenoxy) is 2. The second kappa shape index (κ2) is 5.53. The largest absolute Gasteiger partial charge is 0.488 e. The first kappa shape index (κ1) is 16.9. The first-order chi connectivity index (χ1) is 10.7. The monoisotopic (exact) mass is 320 g/mol. The van der Waals surface area contributed by atoms with Gasteiger partial charge in [-0.3, -0.25) is 4.79 Å². The standard InChI is InChI=1S/C20H32O3/c1-14(21)22-13-15-7-8-17-19(4)11-6-10-18(2,3)16(19)9-12-20(17,5)23-15/h7,16-17H,6,8-13H2,1-5H3/t16-,17+,19-,20+/m0/s1. The molecule has 0 radical (unpaired) electrons. The molecule has 0 aromatic rings. The number of fused-ring (bicyclic) bond motifs is 3. The maximum atomic E-state index is 11.1. The van der Waals surface area contributed by atoms with E-state index in [1.165, 1.54) is 32.6 Å². The summed E-state index contributed by atoms with van der Waals surface area (Å²) in [6.07, 6.45) is 9.58. The summed E-state index contributed by atoms with van der Waals surface area (Å²) < 4.78 is 11.5. The van der Waals surface area contributed by atoms with Crippen molar-refractivity contribution >= 4 is 5.97 Å². The lowest BCUT2D eigenvalue weighted by Gasteiger charge is -2.63. The summed E-state index contributed by atoms with van der Waals surface area (Å²) in [5.74, 6) is 1.95. The Balaban J connectivity index is 1.84. The zero-order chi connectivity index (χ0) is 16.9. The van der Waals surface area contributed by atoms with Gasteiger partial charge < -0.3 is 9.47 Å². The molecule has 0 spiro atoms. The molecular weight excluding hydrogens is 288 g/mol. The van der Waals surface area contributed by atoms with Gasteiger partial charge in [-0.1, -0.05) is 27.2 Å². The van der Waals surface area contributed by atoms with Crippen molar-refractivity contribution < 1.29 is 14.3 Å². The zero-order valence-electron chi connectivity index (χ0n) is 15.4. The van der Waals surface area contributed by atoms with E-state index in [1.54, 1.807) is 0 Å². The van der Waals surface area contributed by atoms with Crippen LogP contribution in [0.15, 0.2) is 11.8 Å². The molecule has 0 aromatic heterocycles. The van der Waals surface area contributed by atoms with Crippen LogP contribution in [0, 0.1) is 22.7 Å². The van der Waals surface area contributed by atoms with Gasteiger partial charge in [-0.25, -0.2) is 0 Å². The highest BCUT2D eigenvalue weighted by Crippen LogP contribution is 2.64. The van der Waals surface area contributed by atoms with Crippen LogP contribution in [0.4, 0.5) is 0 Å². The molecule has 3 nitrogen and oxygen atoms in total. The fourth-order valence-corrected chi connectivity index (χ4v) is 6.10. The number of rotatable bonds is 2. The van der Waals surface area contributed by atoms with Crippen molar-refractivity contribution in [3.63, 3.8) is 0 Å². The molecule has 2 aliphatic carbocycles. The van der Waals surface area contributed by atoms with Crippen molar-refractivity contribution in [1.82, 2.24) is 0 Å². The number of allylic oxidation sites excluding steroid dienone is 1. The summed E-state index contributed by atoms with van der Waals surface area (Å²) in [5.41, 5.74) is 0.692. The molecule has 23 heavy (non-hydrogen) atoms. The van der Waals surface area contributed by atoms with E-state index in [2.05, 4.69) is 33.8 Å². The molecule has 1 aliphatic heterocycles. The lowest BCUT2D eigenvalue weighted by atomic mass is 9.45.